The van der Waals surface area contributed by atoms with E-state index in [0.717, 1.165) is 0 Å². The van der Waals surface area contributed by atoms with Gasteiger partial charge in [-0.2, -0.15) is 0 Å². The van der Waals surface area contributed by atoms with Crippen molar-refractivity contribution in [3.05, 3.63) is 73.3 Å². The van der Waals surface area contributed by atoms with Crippen LogP contribution in [0.4, 0.5) is 5.82 Å². The summed E-state index contributed by atoms with van der Waals surface area (Å²) < 4.78 is 19.8. The lowest BCUT2D eigenvalue weighted by Gasteiger charge is -2.30. The Kier molecular flexibility index (Phi) is 5.55. The van der Waals surface area contributed by atoms with Gasteiger partial charge in [0.2, 0.25) is 0 Å². The molecule has 0 bridgehead atoms. The molecular formula is C20H20N5O3P. The SMILES string of the molecule is Nc1ncnc2c1ncn2CCOC(P)(Oc1ccccc1)Oc1ccccc1. The first-order valence-corrected chi connectivity index (χ1v) is 9.53. The summed E-state index contributed by atoms with van der Waals surface area (Å²) in [6, 6.07) is 18.7. The molecule has 2 N–H and O–H groups in total. The summed E-state index contributed by atoms with van der Waals surface area (Å²) in [5.41, 5.74) is 5.63. The summed E-state index contributed by atoms with van der Waals surface area (Å²) in [4.78, 5) is 12.4. The molecule has 0 amide bonds. The first kappa shape index (κ1) is 19.1. The summed E-state index contributed by atoms with van der Waals surface area (Å²) >= 11 is 0. The van der Waals surface area contributed by atoms with Crippen LogP contribution < -0.4 is 15.2 Å². The van der Waals surface area contributed by atoms with Crippen molar-refractivity contribution in [3.8, 4) is 11.5 Å². The van der Waals surface area contributed by atoms with E-state index in [1.807, 2.05) is 65.2 Å². The first-order chi connectivity index (χ1) is 14.1. The minimum absolute atomic E-state index is 0.276. The molecule has 8 nitrogen and oxygen atoms in total. The number of imidazole rings is 1. The third-order valence-corrected chi connectivity index (χ3v) is 4.47. The van der Waals surface area contributed by atoms with Gasteiger partial charge in [-0.3, -0.25) is 0 Å². The summed E-state index contributed by atoms with van der Waals surface area (Å²) in [6.45, 7) is 0.748. The van der Waals surface area contributed by atoms with Crippen LogP contribution in [0.2, 0.25) is 0 Å². The molecule has 0 fully saturated rings. The maximum absolute atomic E-state index is 5.99. The standard InChI is InChI=1S/C20H20N5O3P/c21-18-17-19(23-13-22-18)25(14-24-17)11-12-26-20(29,27-15-7-3-1-4-8-15)28-16-9-5-2-6-10-16/h1-10,13-14H,11-12,29H2,(H2,21,22,23). The van der Waals surface area contributed by atoms with E-state index in [2.05, 4.69) is 24.2 Å². The number of nitrogen functional groups attached to an aromatic ring is 1. The Hall–Kier alpha value is -3.22. The molecule has 148 valence electrons. The summed E-state index contributed by atoms with van der Waals surface area (Å²) in [7, 11) is 2.50. The summed E-state index contributed by atoms with van der Waals surface area (Å²) in [5, 5.41) is 0. The van der Waals surface area contributed by atoms with Gasteiger partial charge in [0, 0.05) is 6.54 Å². The van der Waals surface area contributed by atoms with Gasteiger partial charge in [0.15, 0.2) is 11.5 Å². The third kappa shape index (κ3) is 4.62. The molecule has 2 aromatic heterocycles. The number of anilines is 1. The van der Waals surface area contributed by atoms with Crippen LogP contribution in [0.3, 0.4) is 0 Å². The lowest BCUT2D eigenvalue weighted by Crippen LogP contribution is -2.39. The number of nitrogens with zero attached hydrogens (tertiary/aromatic N) is 4. The number of fused-ring (bicyclic) bond motifs is 1. The fourth-order valence-corrected chi connectivity index (χ4v) is 3.12. The van der Waals surface area contributed by atoms with E-state index in [9.17, 15) is 0 Å². The van der Waals surface area contributed by atoms with Crippen LogP contribution in [0.15, 0.2) is 73.3 Å². The molecule has 9 heteroatoms. The smallest absolute Gasteiger partial charge is 0.382 e. The van der Waals surface area contributed by atoms with Crippen molar-refractivity contribution >= 4 is 26.2 Å². The van der Waals surface area contributed by atoms with Gasteiger partial charge in [-0.1, -0.05) is 36.4 Å². The van der Waals surface area contributed by atoms with Crippen LogP contribution in [0, 0.1) is 0 Å². The quantitative estimate of drug-likeness (QED) is 0.353. The van der Waals surface area contributed by atoms with Crippen molar-refractivity contribution in [1.29, 1.82) is 0 Å². The maximum Gasteiger partial charge on any atom is 0.382 e. The molecule has 0 saturated carbocycles. The second-order valence-electron chi connectivity index (χ2n) is 6.15. The molecule has 0 spiro atoms. The molecule has 1 atom stereocenters. The predicted octanol–water partition coefficient (Wildman–Crippen LogP) is 3.07. The van der Waals surface area contributed by atoms with Crippen LogP contribution in [0.25, 0.3) is 11.2 Å². The Morgan fingerprint density at radius 2 is 1.52 bits per heavy atom. The van der Waals surface area contributed by atoms with Gasteiger partial charge >= 0.3 is 5.71 Å². The number of benzene rings is 2. The van der Waals surface area contributed by atoms with E-state index in [-0.39, 0.29) is 6.61 Å². The third-order valence-electron chi connectivity index (χ3n) is 4.07. The Morgan fingerprint density at radius 1 is 0.897 bits per heavy atom. The van der Waals surface area contributed by atoms with Crippen molar-refractivity contribution in [1.82, 2.24) is 19.5 Å². The van der Waals surface area contributed by atoms with Gasteiger partial charge in [0.25, 0.3) is 0 Å². The first-order valence-electron chi connectivity index (χ1n) is 8.95. The van der Waals surface area contributed by atoms with E-state index in [4.69, 9.17) is 19.9 Å². The minimum atomic E-state index is -1.41. The lowest BCUT2D eigenvalue weighted by molar-refractivity contribution is -0.233. The van der Waals surface area contributed by atoms with Crippen LogP contribution in [0.5, 0.6) is 11.5 Å². The molecule has 1 unspecified atom stereocenters. The van der Waals surface area contributed by atoms with Crippen molar-refractivity contribution in [2.45, 2.75) is 12.3 Å². The zero-order chi connectivity index (χ0) is 20.1. The molecule has 4 aromatic rings. The molecule has 0 aliphatic carbocycles. The van der Waals surface area contributed by atoms with E-state index < -0.39 is 5.71 Å². The molecule has 2 aromatic carbocycles. The number of rotatable bonds is 8. The van der Waals surface area contributed by atoms with Gasteiger partial charge < -0.3 is 24.5 Å². The highest BCUT2D eigenvalue weighted by Gasteiger charge is 2.31. The maximum atomic E-state index is 5.99. The van der Waals surface area contributed by atoms with Gasteiger partial charge in [0.05, 0.1) is 12.9 Å². The zero-order valence-electron chi connectivity index (χ0n) is 15.5. The van der Waals surface area contributed by atoms with E-state index in [1.54, 1.807) is 6.33 Å². The largest absolute Gasteiger partial charge is 0.427 e. The summed E-state index contributed by atoms with van der Waals surface area (Å²) in [5.74, 6) is 1.58. The molecule has 29 heavy (non-hydrogen) atoms. The highest BCUT2D eigenvalue weighted by Crippen LogP contribution is 2.29. The second kappa shape index (κ2) is 8.43. The predicted molar refractivity (Wildman–Crippen MR) is 112 cm³/mol. The highest BCUT2D eigenvalue weighted by atomic mass is 31.0. The van der Waals surface area contributed by atoms with E-state index in [0.29, 0.717) is 35.0 Å². The minimum Gasteiger partial charge on any atom is -0.427 e. The number of ether oxygens (including phenoxy) is 3. The number of aromatic nitrogens is 4. The summed E-state index contributed by atoms with van der Waals surface area (Å²) in [6.07, 6.45) is 3.06. The molecule has 4 rings (SSSR count). The number of hydrogen-bond donors (Lipinski definition) is 1. The van der Waals surface area contributed by atoms with Crippen molar-refractivity contribution in [2.24, 2.45) is 0 Å². The normalized spacial score (nSPS) is 11.5. The fourth-order valence-electron chi connectivity index (χ4n) is 2.73. The fraction of sp³-hybridized carbons (Fsp3) is 0.150. The number of para-hydroxylation sites is 2. The topological polar surface area (TPSA) is 97.3 Å². The molecule has 0 saturated heterocycles. The monoisotopic (exact) mass is 409 g/mol. The van der Waals surface area contributed by atoms with Gasteiger partial charge in [-0.15, -0.1) is 0 Å². The molecule has 2 heterocycles. The van der Waals surface area contributed by atoms with Crippen LogP contribution in [0.1, 0.15) is 0 Å². The van der Waals surface area contributed by atoms with Crippen molar-refractivity contribution < 1.29 is 14.2 Å². The average molecular weight is 409 g/mol. The average Bonchev–Trinajstić information content (AvgIpc) is 3.14. The molecular weight excluding hydrogens is 389 g/mol. The van der Waals surface area contributed by atoms with Crippen molar-refractivity contribution in [3.63, 3.8) is 0 Å². The Balaban J connectivity index is 1.49. The zero-order valence-corrected chi connectivity index (χ0v) is 16.7. The number of hydrogen-bond acceptors (Lipinski definition) is 7. The molecule has 0 aliphatic rings. The van der Waals surface area contributed by atoms with Crippen LogP contribution >= 0.6 is 9.24 Å². The highest BCUT2D eigenvalue weighted by molar-refractivity contribution is 7.18. The number of nitrogens with two attached hydrogens (primary N) is 1. The van der Waals surface area contributed by atoms with E-state index >= 15 is 0 Å². The van der Waals surface area contributed by atoms with Gasteiger partial charge in [0.1, 0.15) is 23.3 Å². The Labute approximate surface area is 169 Å². The second-order valence-corrected chi connectivity index (χ2v) is 6.86. The molecule has 0 radical (unpaired) electrons. The Bertz CT molecular complexity index is 1030. The van der Waals surface area contributed by atoms with Gasteiger partial charge in [-0.25, -0.2) is 15.0 Å². The Morgan fingerprint density at radius 3 is 2.14 bits per heavy atom. The van der Waals surface area contributed by atoms with Crippen LogP contribution in [-0.4, -0.2) is 31.8 Å². The lowest BCUT2D eigenvalue weighted by atomic mass is 10.3. The van der Waals surface area contributed by atoms with E-state index in [1.165, 1.54) is 6.33 Å². The van der Waals surface area contributed by atoms with Crippen LogP contribution in [-0.2, 0) is 11.3 Å². The van der Waals surface area contributed by atoms with Gasteiger partial charge in [-0.05, 0) is 33.5 Å². The van der Waals surface area contributed by atoms with Crippen molar-refractivity contribution in [2.75, 3.05) is 12.3 Å². The molecule has 0 aliphatic heterocycles.